The Morgan fingerprint density at radius 2 is 1.81 bits per heavy atom. The SMILES string of the molecule is Cc1cc(C)cc(N(C)CCC2CNC2)c1. The fourth-order valence-electron chi connectivity index (χ4n) is 2.23. The molecule has 0 aliphatic carbocycles. The van der Waals surface area contributed by atoms with Crippen LogP contribution in [0.4, 0.5) is 5.69 Å². The number of anilines is 1. The lowest BCUT2D eigenvalue weighted by Gasteiger charge is -2.29. The zero-order valence-electron chi connectivity index (χ0n) is 10.6. The van der Waals surface area contributed by atoms with Crippen molar-refractivity contribution < 1.29 is 0 Å². The Balaban J connectivity index is 1.93. The van der Waals surface area contributed by atoms with Crippen molar-refractivity contribution >= 4 is 5.69 Å². The highest BCUT2D eigenvalue weighted by Crippen LogP contribution is 2.19. The third-order valence-corrected chi connectivity index (χ3v) is 3.39. The van der Waals surface area contributed by atoms with Gasteiger partial charge in [0.1, 0.15) is 0 Å². The van der Waals surface area contributed by atoms with E-state index in [-0.39, 0.29) is 0 Å². The van der Waals surface area contributed by atoms with Crippen molar-refractivity contribution in [1.29, 1.82) is 0 Å². The Kier molecular flexibility index (Phi) is 3.49. The molecule has 0 saturated carbocycles. The number of hydrogen-bond acceptors (Lipinski definition) is 2. The highest BCUT2D eigenvalue weighted by molar-refractivity contribution is 5.50. The predicted octanol–water partition coefficient (Wildman–Crippen LogP) is 2.35. The number of rotatable bonds is 4. The molecule has 0 amide bonds. The molecule has 1 aromatic rings. The summed E-state index contributed by atoms with van der Waals surface area (Å²) < 4.78 is 0. The summed E-state index contributed by atoms with van der Waals surface area (Å²) in [6.07, 6.45) is 1.30. The van der Waals surface area contributed by atoms with Crippen LogP contribution in [0.5, 0.6) is 0 Å². The monoisotopic (exact) mass is 218 g/mol. The summed E-state index contributed by atoms with van der Waals surface area (Å²) in [4.78, 5) is 2.37. The van der Waals surface area contributed by atoms with E-state index in [1.807, 2.05) is 0 Å². The van der Waals surface area contributed by atoms with Crippen LogP contribution < -0.4 is 10.2 Å². The summed E-state index contributed by atoms with van der Waals surface area (Å²) in [5.74, 6) is 0.897. The van der Waals surface area contributed by atoms with Crippen LogP contribution >= 0.6 is 0 Å². The van der Waals surface area contributed by atoms with Gasteiger partial charge in [-0.2, -0.15) is 0 Å². The highest BCUT2D eigenvalue weighted by Gasteiger charge is 2.16. The van der Waals surface area contributed by atoms with Crippen LogP contribution in [0.25, 0.3) is 0 Å². The van der Waals surface area contributed by atoms with Crippen molar-refractivity contribution in [1.82, 2.24) is 5.32 Å². The van der Waals surface area contributed by atoms with Gasteiger partial charge >= 0.3 is 0 Å². The fraction of sp³-hybridized carbons (Fsp3) is 0.571. The van der Waals surface area contributed by atoms with Crippen molar-refractivity contribution in [2.24, 2.45) is 5.92 Å². The molecule has 0 spiro atoms. The first-order valence-corrected chi connectivity index (χ1v) is 6.15. The van der Waals surface area contributed by atoms with Crippen molar-refractivity contribution in [2.45, 2.75) is 20.3 Å². The number of nitrogens with one attached hydrogen (secondary N) is 1. The molecule has 2 nitrogen and oxygen atoms in total. The van der Waals surface area contributed by atoms with Crippen LogP contribution in [0.1, 0.15) is 17.5 Å². The van der Waals surface area contributed by atoms with Crippen LogP contribution in [0.2, 0.25) is 0 Å². The minimum atomic E-state index is 0.897. The van der Waals surface area contributed by atoms with Gasteiger partial charge in [0.2, 0.25) is 0 Å². The molecule has 88 valence electrons. The smallest absolute Gasteiger partial charge is 0.0368 e. The van der Waals surface area contributed by atoms with Crippen LogP contribution in [-0.4, -0.2) is 26.7 Å². The molecule has 1 aliphatic heterocycles. The first-order chi connectivity index (χ1) is 7.65. The van der Waals surface area contributed by atoms with E-state index in [4.69, 9.17) is 0 Å². The fourth-order valence-corrected chi connectivity index (χ4v) is 2.23. The highest BCUT2D eigenvalue weighted by atomic mass is 15.1. The van der Waals surface area contributed by atoms with Gasteiger partial charge in [0.05, 0.1) is 0 Å². The van der Waals surface area contributed by atoms with Gasteiger partial charge in [-0.15, -0.1) is 0 Å². The van der Waals surface area contributed by atoms with Gasteiger partial charge in [-0.3, -0.25) is 0 Å². The number of aryl methyl sites for hydroxylation is 2. The van der Waals surface area contributed by atoms with Gasteiger partial charge in [0.15, 0.2) is 0 Å². The molecule has 1 fully saturated rings. The van der Waals surface area contributed by atoms with Gasteiger partial charge in [-0.1, -0.05) is 6.07 Å². The van der Waals surface area contributed by atoms with Gasteiger partial charge < -0.3 is 10.2 Å². The molecule has 16 heavy (non-hydrogen) atoms. The third-order valence-electron chi connectivity index (χ3n) is 3.39. The molecule has 1 aliphatic rings. The van der Waals surface area contributed by atoms with Crippen LogP contribution in [0.3, 0.4) is 0 Å². The van der Waals surface area contributed by atoms with Gasteiger partial charge in [0.25, 0.3) is 0 Å². The molecule has 2 rings (SSSR count). The summed E-state index contributed by atoms with van der Waals surface area (Å²) in [5.41, 5.74) is 4.06. The number of nitrogens with zero attached hydrogens (tertiary/aromatic N) is 1. The molecular weight excluding hydrogens is 196 g/mol. The summed E-state index contributed by atoms with van der Waals surface area (Å²) >= 11 is 0. The molecule has 0 unspecified atom stereocenters. The van der Waals surface area contributed by atoms with Crippen LogP contribution in [0.15, 0.2) is 18.2 Å². The van der Waals surface area contributed by atoms with Crippen molar-refractivity contribution in [2.75, 3.05) is 31.6 Å². The molecule has 0 radical (unpaired) electrons. The average molecular weight is 218 g/mol. The van der Waals surface area contributed by atoms with E-state index < -0.39 is 0 Å². The largest absolute Gasteiger partial charge is 0.375 e. The molecule has 2 heteroatoms. The van der Waals surface area contributed by atoms with Crippen LogP contribution in [-0.2, 0) is 0 Å². The molecule has 1 aromatic carbocycles. The first kappa shape index (κ1) is 11.5. The summed E-state index contributed by atoms with van der Waals surface area (Å²) in [7, 11) is 2.19. The second-order valence-corrected chi connectivity index (χ2v) is 5.08. The Morgan fingerprint density at radius 1 is 1.19 bits per heavy atom. The summed E-state index contributed by atoms with van der Waals surface area (Å²) in [5, 5.41) is 3.32. The Bertz CT molecular complexity index is 336. The number of hydrogen-bond donors (Lipinski definition) is 1. The second-order valence-electron chi connectivity index (χ2n) is 5.08. The lowest BCUT2D eigenvalue weighted by Crippen LogP contribution is -2.43. The minimum Gasteiger partial charge on any atom is -0.375 e. The lowest BCUT2D eigenvalue weighted by molar-refractivity contribution is 0.330. The zero-order chi connectivity index (χ0) is 11.5. The standard InChI is InChI=1S/C14H22N2/c1-11-6-12(2)8-14(7-11)16(3)5-4-13-9-15-10-13/h6-8,13,15H,4-5,9-10H2,1-3H3. The molecule has 0 aromatic heterocycles. The summed E-state index contributed by atoms with van der Waals surface area (Å²) in [6, 6.07) is 6.77. The van der Waals surface area contributed by atoms with E-state index in [2.05, 4.69) is 49.3 Å². The second kappa shape index (κ2) is 4.88. The lowest BCUT2D eigenvalue weighted by atomic mass is 9.99. The molecule has 1 saturated heterocycles. The quantitative estimate of drug-likeness (QED) is 0.834. The van der Waals surface area contributed by atoms with Crippen molar-refractivity contribution in [3.63, 3.8) is 0 Å². The maximum absolute atomic E-state index is 3.32. The Labute approximate surface area is 98.7 Å². The molecular formula is C14H22N2. The van der Waals surface area contributed by atoms with Crippen molar-refractivity contribution in [3.05, 3.63) is 29.3 Å². The topological polar surface area (TPSA) is 15.3 Å². The van der Waals surface area contributed by atoms with E-state index in [9.17, 15) is 0 Å². The molecule has 0 bridgehead atoms. The van der Waals surface area contributed by atoms with E-state index in [1.54, 1.807) is 0 Å². The van der Waals surface area contributed by atoms with Gasteiger partial charge in [-0.25, -0.2) is 0 Å². The maximum Gasteiger partial charge on any atom is 0.0368 e. The van der Waals surface area contributed by atoms with Crippen LogP contribution in [0, 0.1) is 19.8 Å². The van der Waals surface area contributed by atoms with Gasteiger partial charge in [-0.05, 0) is 62.5 Å². The average Bonchev–Trinajstić information content (AvgIpc) is 2.13. The summed E-state index contributed by atoms with van der Waals surface area (Å²) in [6.45, 7) is 7.91. The molecule has 0 atom stereocenters. The number of benzene rings is 1. The maximum atomic E-state index is 3.32. The zero-order valence-corrected chi connectivity index (χ0v) is 10.6. The minimum absolute atomic E-state index is 0.897. The molecule has 1 N–H and O–H groups in total. The third kappa shape index (κ3) is 2.76. The Morgan fingerprint density at radius 3 is 2.31 bits per heavy atom. The predicted molar refractivity (Wildman–Crippen MR) is 70.2 cm³/mol. The van der Waals surface area contributed by atoms with Crippen molar-refractivity contribution in [3.8, 4) is 0 Å². The van der Waals surface area contributed by atoms with E-state index in [1.165, 1.54) is 36.3 Å². The molecule has 1 heterocycles. The van der Waals surface area contributed by atoms with E-state index in [0.29, 0.717) is 0 Å². The normalized spacial score (nSPS) is 15.9. The first-order valence-electron chi connectivity index (χ1n) is 6.15. The van der Waals surface area contributed by atoms with Gasteiger partial charge in [0, 0.05) is 19.3 Å². The Hall–Kier alpha value is -1.02. The van der Waals surface area contributed by atoms with E-state index >= 15 is 0 Å². The van der Waals surface area contributed by atoms with E-state index in [0.717, 1.165) is 12.5 Å².